The Morgan fingerprint density at radius 1 is 1.50 bits per heavy atom. The van der Waals surface area contributed by atoms with E-state index >= 15 is 0 Å². The fraction of sp³-hybridized carbons (Fsp3) is 0.889. The van der Waals surface area contributed by atoms with Crippen LogP contribution in [0.2, 0.25) is 0 Å². The number of nitrogens with one attached hydrogen (secondary N) is 1. The van der Waals surface area contributed by atoms with Gasteiger partial charge in [0.25, 0.3) is 0 Å². The molecule has 0 aromatic carbocycles. The van der Waals surface area contributed by atoms with Crippen LogP contribution >= 0.6 is 23.0 Å². The van der Waals surface area contributed by atoms with Crippen molar-refractivity contribution in [2.75, 3.05) is 13.2 Å². The molecule has 0 atom stereocenters. The van der Waals surface area contributed by atoms with Crippen LogP contribution in [0.3, 0.4) is 0 Å². The highest BCUT2D eigenvalue weighted by Gasteiger charge is 2.16. The van der Waals surface area contributed by atoms with E-state index in [2.05, 4.69) is 8.38 Å². The van der Waals surface area contributed by atoms with E-state index in [4.69, 9.17) is 4.74 Å². The van der Waals surface area contributed by atoms with E-state index in [1.165, 1.54) is 0 Å². The van der Waals surface area contributed by atoms with E-state index in [1.54, 1.807) is 23.0 Å². The van der Waals surface area contributed by atoms with Gasteiger partial charge in [0.05, 0.1) is 5.60 Å². The monoisotopic (exact) mass is 315 g/mol. The van der Waals surface area contributed by atoms with Gasteiger partial charge in [-0.1, -0.05) is 0 Å². The van der Waals surface area contributed by atoms with Gasteiger partial charge in [0.1, 0.15) is 0 Å². The number of carbonyl (C=O) groups excluding carboxylic acids is 1. The number of rotatable bonds is 6. The Hall–Kier alpha value is -0.0400. The highest BCUT2D eigenvalue weighted by atomic mass is 127. The minimum Gasteiger partial charge on any atom is -0.378 e. The lowest BCUT2D eigenvalue weighted by Gasteiger charge is -2.24. The van der Waals surface area contributed by atoms with Gasteiger partial charge in [-0.05, 0) is 33.6 Å². The van der Waals surface area contributed by atoms with Crippen molar-refractivity contribution in [3.63, 3.8) is 0 Å². The molecular formula is C9H18INO3. The minimum absolute atomic E-state index is 0.106. The van der Waals surface area contributed by atoms with Crippen LogP contribution in [-0.2, 0) is 7.80 Å². The van der Waals surface area contributed by atoms with Crippen LogP contribution in [0.25, 0.3) is 0 Å². The topological polar surface area (TPSA) is 47.6 Å². The average molecular weight is 315 g/mol. The molecule has 84 valence electrons. The predicted molar refractivity (Wildman–Crippen MR) is 63.4 cm³/mol. The molecule has 0 heterocycles. The fourth-order valence-electron chi connectivity index (χ4n) is 1.19. The zero-order valence-electron chi connectivity index (χ0n) is 8.93. The molecule has 0 aromatic rings. The number of amides is 1. The molecule has 0 rings (SSSR count). The average Bonchev–Trinajstić information content (AvgIpc) is 2.12. The normalized spacial score (nSPS) is 11.1. The lowest BCUT2D eigenvalue weighted by atomic mass is 10.0. The molecule has 0 unspecified atom stereocenters. The first kappa shape index (κ1) is 14.0. The molecule has 0 aromatic heterocycles. The molecule has 0 aliphatic rings. The third-order valence-electron chi connectivity index (χ3n) is 1.83. The summed E-state index contributed by atoms with van der Waals surface area (Å²) in [7, 11) is 0. The van der Waals surface area contributed by atoms with Gasteiger partial charge in [0.15, 0.2) is 23.0 Å². The zero-order valence-corrected chi connectivity index (χ0v) is 11.1. The van der Waals surface area contributed by atoms with Crippen molar-refractivity contribution in [3.05, 3.63) is 0 Å². The Kier molecular flexibility index (Phi) is 7.26. The van der Waals surface area contributed by atoms with Gasteiger partial charge >= 0.3 is 6.09 Å². The molecule has 0 aliphatic heterocycles. The molecule has 4 nitrogen and oxygen atoms in total. The van der Waals surface area contributed by atoms with Crippen LogP contribution in [0, 0.1) is 0 Å². The molecule has 5 heteroatoms. The molecular weight excluding hydrogens is 297 g/mol. The molecule has 0 radical (unpaired) electrons. The maximum absolute atomic E-state index is 10.7. The first-order chi connectivity index (χ1) is 6.52. The second-order valence-corrected chi connectivity index (χ2v) is 4.03. The summed E-state index contributed by atoms with van der Waals surface area (Å²) < 4.78 is 9.94. The molecule has 0 fully saturated rings. The number of hydrogen-bond acceptors (Lipinski definition) is 3. The third-order valence-corrected chi connectivity index (χ3v) is 2.23. The van der Waals surface area contributed by atoms with Gasteiger partial charge in [0, 0.05) is 13.2 Å². The molecule has 0 spiro atoms. The van der Waals surface area contributed by atoms with Crippen LogP contribution < -0.4 is 5.32 Å². The summed E-state index contributed by atoms with van der Waals surface area (Å²) in [4.78, 5) is 10.7. The summed E-state index contributed by atoms with van der Waals surface area (Å²) in [6, 6.07) is 0. The lowest BCUT2D eigenvalue weighted by molar-refractivity contribution is -0.0172. The number of hydrogen-bond donors (Lipinski definition) is 1. The first-order valence-electron chi connectivity index (χ1n) is 4.72. The van der Waals surface area contributed by atoms with Crippen molar-refractivity contribution in [1.29, 1.82) is 0 Å². The second-order valence-electron chi connectivity index (χ2n) is 3.59. The maximum Gasteiger partial charge on any atom is 0.416 e. The standard InChI is InChI=1S/C9H18INO3/c1-4-13-9(2,3)6-5-7-11-8(12)14-10/h4-7H2,1-3H3,(H,11,12). The van der Waals surface area contributed by atoms with Crippen LogP contribution in [0.5, 0.6) is 0 Å². The Morgan fingerprint density at radius 3 is 2.64 bits per heavy atom. The summed E-state index contributed by atoms with van der Waals surface area (Å²) >= 11 is 1.56. The Morgan fingerprint density at radius 2 is 2.14 bits per heavy atom. The quantitative estimate of drug-likeness (QED) is 0.605. The van der Waals surface area contributed by atoms with E-state index in [9.17, 15) is 4.79 Å². The molecule has 14 heavy (non-hydrogen) atoms. The van der Waals surface area contributed by atoms with Crippen LogP contribution in [0.1, 0.15) is 33.6 Å². The van der Waals surface area contributed by atoms with Crippen molar-refractivity contribution < 1.29 is 12.6 Å². The summed E-state index contributed by atoms with van der Waals surface area (Å²) in [5.41, 5.74) is -0.106. The molecule has 0 saturated heterocycles. The Labute approximate surface area is 99.4 Å². The summed E-state index contributed by atoms with van der Waals surface area (Å²) in [6.07, 6.45) is 1.42. The number of ether oxygens (including phenoxy) is 1. The Balaban J connectivity index is 3.48. The smallest absolute Gasteiger partial charge is 0.378 e. The molecule has 0 saturated carbocycles. The van der Waals surface area contributed by atoms with E-state index < -0.39 is 0 Å². The second kappa shape index (κ2) is 7.28. The fourth-order valence-corrected chi connectivity index (χ4v) is 1.35. The largest absolute Gasteiger partial charge is 0.416 e. The van der Waals surface area contributed by atoms with E-state index in [0.29, 0.717) is 6.54 Å². The predicted octanol–water partition coefficient (Wildman–Crippen LogP) is 2.66. The van der Waals surface area contributed by atoms with E-state index in [-0.39, 0.29) is 11.7 Å². The first-order valence-corrected chi connectivity index (χ1v) is 5.60. The molecule has 0 aliphatic carbocycles. The van der Waals surface area contributed by atoms with E-state index in [1.807, 2.05) is 20.8 Å². The van der Waals surface area contributed by atoms with Gasteiger partial charge in [0.2, 0.25) is 0 Å². The van der Waals surface area contributed by atoms with Gasteiger partial charge in [-0.25, -0.2) is 4.79 Å². The van der Waals surface area contributed by atoms with Crippen molar-refractivity contribution in [2.24, 2.45) is 0 Å². The third kappa shape index (κ3) is 7.37. The summed E-state index contributed by atoms with van der Waals surface area (Å²) in [5.74, 6) is 0. The van der Waals surface area contributed by atoms with Gasteiger partial charge < -0.3 is 13.1 Å². The molecule has 1 amide bonds. The van der Waals surface area contributed by atoms with Crippen molar-refractivity contribution in [1.82, 2.24) is 5.32 Å². The van der Waals surface area contributed by atoms with Crippen molar-refractivity contribution in [3.8, 4) is 0 Å². The van der Waals surface area contributed by atoms with Crippen LogP contribution in [0.4, 0.5) is 4.79 Å². The highest BCUT2D eigenvalue weighted by molar-refractivity contribution is 14.1. The molecule has 1 N–H and O–H groups in total. The minimum atomic E-state index is -0.389. The SMILES string of the molecule is CCOC(C)(C)CCCNC(=O)OI. The highest BCUT2D eigenvalue weighted by Crippen LogP contribution is 2.15. The maximum atomic E-state index is 10.7. The summed E-state index contributed by atoms with van der Waals surface area (Å²) in [6.45, 7) is 7.42. The van der Waals surface area contributed by atoms with Crippen LogP contribution in [0.15, 0.2) is 0 Å². The van der Waals surface area contributed by atoms with Crippen molar-refractivity contribution >= 4 is 29.1 Å². The van der Waals surface area contributed by atoms with Gasteiger partial charge in [-0.3, -0.25) is 0 Å². The number of carbonyl (C=O) groups is 1. The van der Waals surface area contributed by atoms with Crippen molar-refractivity contribution in [2.45, 2.75) is 39.2 Å². The lowest BCUT2D eigenvalue weighted by Crippen LogP contribution is -2.28. The van der Waals surface area contributed by atoms with E-state index in [0.717, 1.165) is 19.4 Å². The summed E-state index contributed by atoms with van der Waals surface area (Å²) in [5, 5.41) is 2.62. The number of halogens is 1. The molecule has 0 bridgehead atoms. The van der Waals surface area contributed by atoms with Gasteiger partial charge in [-0.15, -0.1) is 0 Å². The van der Waals surface area contributed by atoms with Gasteiger partial charge in [-0.2, -0.15) is 0 Å². The Bertz CT molecular complexity index is 173. The zero-order chi connectivity index (χ0) is 11.0. The van der Waals surface area contributed by atoms with Crippen LogP contribution in [-0.4, -0.2) is 24.8 Å².